The molecule has 0 heterocycles. The van der Waals surface area contributed by atoms with E-state index in [-0.39, 0.29) is 0 Å². The number of nitrogens with zero attached hydrogens (tertiary/aromatic N) is 1. The highest BCUT2D eigenvalue weighted by Gasteiger charge is 2.53. The Bertz CT molecular complexity index is 1050. The Hall–Kier alpha value is -2.00. The van der Waals surface area contributed by atoms with Gasteiger partial charge in [-0.2, -0.15) is 21.6 Å². The van der Waals surface area contributed by atoms with Crippen LogP contribution < -0.4 is 0 Å². The van der Waals surface area contributed by atoms with Crippen LogP contribution in [-0.4, -0.2) is 34.6 Å². The number of rotatable bonds is 6. The first kappa shape index (κ1) is 21.3. The van der Waals surface area contributed by atoms with E-state index in [0.29, 0.717) is 0 Å². The van der Waals surface area contributed by atoms with Gasteiger partial charge in [-0.3, -0.25) is 0 Å². The zero-order valence-corrected chi connectivity index (χ0v) is 15.4. The van der Waals surface area contributed by atoms with Crippen LogP contribution in [0.4, 0.5) is 13.2 Å². The maximum atomic E-state index is 12.6. The van der Waals surface area contributed by atoms with Crippen molar-refractivity contribution in [3.63, 3.8) is 0 Å². The Morgan fingerprint density at radius 1 is 0.667 bits per heavy atom. The molecule has 2 aromatic rings. The molecular weight excluding hydrogens is 435 g/mol. The summed E-state index contributed by atoms with van der Waals surface area (Å²) in [5.41, 5.74) is -6.07. The van der Waals surface area contributed by atoms with Crippen molar-refractivity contribution in [3.8, 4) is 0 Å². The summed E-state index contributed by atoms with van der Waals surface area (Å²) in [4.78, 5) is -1.61. The molecule has 0 unspecified atom stereocenters. The number of benzene rings is 2. The summed E-state index contributed by atoms with van der Waals surface area (Å²) in [6.45, 7) is 0. The van der Waals surface area contributed by atoms with Crippen molar-refractivity contribution in [2.75, 3.05) is 0 Å². The molecule has 0 aliphatic heterocycles. The molecule has 0 spiro atoms. The molecule has 0 N–H and O–H groups in total. The largest absolute Gasteiger partial charge is 0.524 e. The number of hydrogen-bond acceptors (Lipinski definition) is 7. The van der Waals surface area contributed by atoms with Crippen molar-refractivity contribution in [3.05, 3.63) is 60.7 Å². The van der Waals surface area contributed by atoms with Gasteiger partial charge in [0.15, 0.2) is 0 Å². The summed E-state index contributed by atoms with van der Waals surface area (Å²) < 4.78 is 113. The molecule has 2 rings (SSSR count). The minimum atomic E-state index is -6.61. The molecule has 0 atom stereocenters. The van der Waals surface area contributed by atoms with E-state index in [1.807, 2.05) is 0 Å². The Balaban J connectivity index is 2.71. The molecule has 0 aliphatic rings. The normalized spacial score (nSPS) is 13.6. The van der Waals surface area contributed by atoms with Gasteiger partial charge in [0.25, 0.3) is 20.0 Å². The van der Waals surface area contributed by atoms with Gasteiger partial charge in [0.05, 0.1) is 13.7 Å². The maximum absolute atomic E-state index is 12.6. The van der Waals surface area contributed by atoms with Crippen molar-refractivity contribution in [1.29, 1.82) is 0 Å². The lowest BCUT2D eigenvalue weighted by atomic mass is 10.4. The molecule has 27 heavy (non-hydrogen) atoms. The van der Waals surface area contributed by atoms with Crippen LogP contribution in [0, 0.1) is 0 Å². The lowest BCUT2D eigenvalue weighted by Crippen LogP contribution is -2.42. The maximum Gasteiger partial charge on any atom is 0.524 e. The van der Waals surface area contributed by atoms with Gasteiger partial charge in [0, 0.05) is 0 Å². The summed E-state index contributed by atoms with van der Waals surface area (Å²) >= 11 is 0. The smallest absolute Gasteiger partial charge is 0.204 e. The fraction of sp³-hybridized carbons (Fsp3) is 0.0769. The fourth-order valence-electron chi connectivity index (χ4n) is 1.69. The van der Waals surface area contributed by atoms with Crippen molar-refractivity contribution >= 4 is 30.2 Å². The van der Waals surface area contributed by atoms with Crippen molar-refractivity contribution in [2.24, 2.45) is 0 Å². The first-order chi connectivity index (χ1) is 12.3. The minimum absolute atomic E-state index is 0.804. The zero-order chi connectivity index (χ0) is 20.5. The second-order valence-corrected chi connectivity index (χ2v) is 10.0. The zero-order valence-electron chi connectivity index (χ0n) is 12.9. The van der Waals surface area contributed by atoms with Crippen LogP contribution in [0.15, 0.2) is 70.5 Å². The minimum Gasteiger partial charge on any atom is -0.204 e. The molecule has 0 aromatic heterocycles. The second kappa shape index (κ2) is 7.20. The van der Waals surface area contributed by atoms with Crippen LogP contribution in [0.3, 0.4) is 0 Å². The molecule has 8 nitrogen and oxygen atoms in total. The molecule has 0 saturated heterocycles. The lowest BCUT2D eigenvalue weighted by molar-refractivity contribution is -0.0625. The molecule has 0 radical (unpaired) electrons. The van der Waals surface area contributed by atoms with Gasteiger partial charge in [0.1, 0.15) is 0 Å². The average molecular weight is 445 g/mol. The third-order valence-corrected chi connectivity index (χ3v) is 7.87. The Kier molecular flexibility index (Phi) is 5.68. The van der Waals surface area contributed by atoms with Crippen LogP contribution in [0.25, 0.3) is 0 Å². The van der Waals surface area contributed by atoms with E-state index >= 15 is 0 Å². The predicted octanol–water partition coefficient (Wildman–Crippen LogP) is 1.85. The molecule has 0 bridgehead atoms. The van der Waals surface area contributed by atoms with E-state index in [1.165, 1.54) is 12.1 Å². The summed E-state index contributed by atoms with van der Waals surface area (Å²) in [5, 5.41) is 0. The summed E-state index contributed by atoms with van der Waals surface area (Å²) in [7, 11) is -17.3. The number of halogens is 3. The Labute approximate surface area is 153 Å². The summed E-state index contributed by atoms with van der Waals surface area (Å²) in [5.74, 6) is 0. The highest BCUT2D eigenvalue weighted by Crippen LogP contribution is 2.31. The van der Waals surface area contributed by atoms with E-state index in [4.69, 9.17) is 0 Å². The van der Waals surface area contributed by atoms with E-state index in [1.54, 1.807) is 0 Å². The lowest BCUT2D eigenvalue weighted by Gasteiger charge is -2.21. The molecule has 148 valence electrons. The van der Waals surface area contributed by atoms with Crippen LogP contribution >= 0.6 is 0 Å². The first-order valence-corrected chi connectivity index (χ1v) is 11.0. The van der Waals surface area contributed by atoms with Gasteiger partial charge in [-0.15, -0.1) is 4.28 Å². The molecule has 14 heteroatoms. The van der Waals surface area contributed by atoms with Gasteiger partial charge in [0.2, 0.25) is 0 Å². The highest BCUT2D eigenvalue weighted by atomic mass is 32.3. The van der Waals surface area contributed by atoms with E-state index in [2.05, 4.69) is 4.28 Å². The SMILES string of the molecule is O=S(=O)(c1ccccc1)N(OS(=O)(=O)C(F)(F)F)S(=O)(=O)c1ccccc1. The highest BCUT2D eigenvalue weighted by molar-refractivity contribution is 8.04. The quantitative estimate of drug-likeness (QED) is 0.492. The predicted molar refractivity (Wildman–Crippen MR) is 85.2 cm³/mol. The number of hydrogen-bond donors (Lipinski definition) is 0. The third kappa shape index (κ3) is 4.30. The topological polar surface area (TPSA) is 115 Å². The molecule has 2 aromatic carbocycles. The number of alkyl halides is 3. The Morgan fingerprint density at radius 3 is 1.30 bits per heavy atom. The van der Waals surface area contributed by atoms with Crippen LogP contribution in [-0.2, 0) is 34.4 Å². The molecule has 0 fully saturated rings. The van der Waals surface area contributed by atoms with Crippen molar-refractivity contribution in [1.82, 2.24) is 3.87 Å². The van der Waals surface area contributed by atoms with Crippen molar-refractivity contribution < 1.29 is 42.7 Å². The van der Waals surface area contributed by atoms with E-state index in [9.17, 15) is 38.4 Å². The van der Waals surface area contributed by atoms with Gasteiger partial charge in [-0.25, -0.2) is 16.8 Å². The first-order valence-electron chi connectivity index (χ1n) is 6.72. The van der Waals surface area contributed by atoms with E-state index < -0.39 is 49.3 Å². The Morgan fingerprint density at radius 2 is 1.00 bits per heavy atom. The van der Waals surface area contributed by atoms with Gasteiger partial charge < -0.3 is 0 Å². The van der Waals surface area contributed by atoms with Crippen LogP contribution in [0.1, 0.15) is 0 Å². The summed E-state index contributed by atoms with van der Waals surface area (Å²) in [6, 6.07) is 10.7. The average Bonchev–Trinajstić information content (AvgIpc) is 2.60. The van der Waals surface area contributed by atoms with Crippen LogP contribution in [0.5, 0.6) is 0 Å². The molecule has 0 amide bonds. The monoisotopic (exact) mass is 445 g/mol. The molecular formula is C13H10F3NO7S3. The van der Waals surface area contributed by atoms with E-state index in [0.717, 1.165) is 48.5 Å². The third-order valence-electron chi connectivity index (χ3n) is 2.92. The standard InChI is InChI=1S/C13H10F3NO7S3/c14-13(15,16)27(22,23)24-17(25(18,19)11-7-3-1-4-8-11)26(20,21)12-9-5-2-6-10-12/h1-10H. The van der Waals surface area contributed by atoms with Gasteiger partial charge >= 0.3 is 15.6 Å². The van der Waals surface area contributed by atoms with Gasteiger partial charge in [-0.1, -0.05) is 36.4 Å². The number of sulfonamides is 2. The molecule has 0 saturated carbocycles. The second-order valence-electron chi connectivity index (χ2n) is 4.77. The summed E-state index contributed by atoms with van der Waals surface area (Å²) in [6.07, 6.45) is 0. The van der Waals surface area contributed by atoms with Crippen LogP contribution in [0.2, 0.25) is 0 Å². The van der Waals surface area contributed by atoms with Gasteiger partial charge in [-0.05, 0) is 24.3 Å². The molecule has 0 aliphatic carbocycles. The van der Waals surface area contributed by atoms with Crippen molar-refractivity contribution in [2.45, 2.75) is 15.3 Å². The fourth-order valence-corrected chi connectivity index (χ4v) is 5.95.